The Morgan fingerprint density at radius 1 is 1.45 bits per heavy atom. The molecule has 0 aliphatic carbocycles. The zero-order chi connectivity index (χ0) is 16.7. The molecule has 5 nitrogen and oxygen atoms in total. The predicted molar refractivity (Wildman–Crippen MR) is 95.6 cm³/mol. The Morgan fingerprint density at radius 2 is 2.14 bits per heavy atom. The van der Waals surface area contributed by atoms with E-state index in [1.807, 2.05) is 19.9 Å². The van der Waals surface area contributed by atoms with Gasteiger partial charge in [-0.3, -0.25) is 9.79 Å². The quantitative estimate of drug-likeness (QED) is 0.647. The van der Waals surface area contributed by atoms with Crippen LogP contribution < -0.4 is 11.2 Å². The number of H-pyrrole nitrogens is 1. The molecule has 118 valence electrons. The van der Waals surface area contributed by atoms with Crippen LogP contribution in [0.5, 0.6) is 0 Å². The summed E-state index contributed by atoms with van der Waals surface area (Å²) >= 11 is 0. The molecular weight excluding hydrogens is 276 g/mol. The highest BCUT2D eigenvalue weighted by molar-refractivity contribution is 6.04. The highest BCUT2D eigenvalue weighted by Gasteiger charge is 2.13. The topological polar surface area (TPSA) is 83.6 Å². The number of rotatable bonds is 5. The lowest BCUT2D eigenvalue weighted by atomic mass is 10.1. The molecule has 3 N–H and O–H groups in total. The third-order valence-corrected chi connectivity index (χ3v) is 3.15. The minimum Gasteiger partial charge on any atom is -0.382 e. The van der Waals surface area contributed by atoms with E-state index in [9.17, 15) is 4.79 Å². The number of aliphatic imine (C=N–C) groups is 2. The van der Waals surface area contributed by atoms with E-state index in [0.29, 0.717) is 34.9 Å². The molecule has 0 unspecified atom stereocenters. The van der Waals surface area contributed by atoms with Gasteiger partial charge in [-0.25, -0.2) is 4.99 Å². The fraction of sp³-hybridized carbons (Fsp3) is 0.353. The van der Waals surface area contributed by atoms with Crippen molar-refractivity contribution >= 4 is 23.8 Å². The van der Waals surface area contributed by atoms with E-state index in [0.717, 1.165) is 6.42 Å². The van der Waals surface area contributed by atoms with E-state index < -0.39 is 0 Å². The minimum atomic E-state index is -0.0805. The van der Waals surface area contributed by atoms with Crippen LogP contribution in [0.2, 0.25) is 0 Å². The van der Waals surface area contributed by atoms with Crippen LogP contribution in [0, 0.1) is 6.92 Å². The van der Waals surface area contributed by atoms with Crippen LogP contribution >= 0.6 is 0 Å². The van der Waals surface area contributed by atoms with E-state index in [-0.39, 0.29) is 11.3 Å². The Morgan fingerprint density at radius 3 is 2.68 bits per heavy atom. The summed E-state index contributed by atoms with van der Waals surface area (Å²) in [6.07, 6.45) is 6.12. The molecule has 1 aromatic heterocycles. The first-order valence-electron chi connectivity index (χ1n) is 7.33. The highest BCUT2D eigenvalue weighted by atomic mass is 16.1. The summed E-state index contributed by atoms with van der Waals surface area (Å²) in [5, 5.41) is 0. The monoisotopic (exact) mass is 300 g/mol. The normalized spacial score (nSPS) is 12.9. The van der Waals surface area contributed by atoms with Crippen LogP contribution in [-0.2, 0) is 0 Å². The zero-order valence-electron chi connectivity index (χ0n) is 13.7. The number of aromatic amines is 1. The van der Waals surface area contributed by atoms with Gasteiger partial charge < -0.3 is 10.7 Å². The van der Waals surface area contributed by atoms with Gasteiger partial charge in [-0.15, -0.1) is 0 Å². The molecule has 1 rings (SSSR count). The van der Waals surface area contributed by atoms with Crippen molar-refractivity contribution in [3.8, 4) is 0 Å². The summed E-state index contributed by atoms with van der Waals surface area (Å²) in [6, 6.07) is 0. The standard InChI is InChI=1S/C17H24N4O/c1-6-9-13-14(8-3)21-15(11(4)16(13)22)17(18)20-12(5)19-10-7-2/h6,8-9H,3,7,10H2,1-2,4-5H3,(H,21,22)(H2,18,19,20)/b9-6-. The number of nitrogens with one attached hydrogen (secondary N) is 1. The first-order chi connectivity index (χ1) is 10.5. The Labute approximate surface area is 131 Å². The maximum absolute atomic E-state index is 12.5. The molecule has 0 aliphatic heterocycles. The highest BCUT2D eigenvalue weighted by Crippen LogP contribution is 2.10. The lowest BCUT2D eigenvalue weighted by Gasteiger charge is -2.10. The van der Waals surface area contributed by atoms with Crippen molar-refractivity contribution in [2.45, 2.75) is 34.1 Å². The van der Waals surface area contributed by atoms with E-state index in [1.165, 1.54) is 0 Å². The number of nitrogens with two attached hydrogens (primary N) is 1. The molecule has 1 heterocycles. The Balaban J connectivity index is 3.43. The average molecular weight is 300 g/mol. The van der Waals surface area contributed by atoms with Gasteiger partial charge in [-0.05, 0) is 33.3 Å². The molecule has 0 fully saturated rings. The first kappa shape index (κ1) is 17.6. The van der Waals surface area contributed by atoms with Gasteiger partial charge in [-0.1, -0.05) is 25.7 Å². The van der Waals surface area contributed by atoms with Gasteiger partial charge in [0.2, 0.25) is 0 Å². The largest absolute Gasteiger partial charge is 0.382 e. The molecular formula is C17H24N4O. The minimum absolute atomic E-state index is 0.0805. The van der Waals surface area contributed by atoms with Crippen molar-refractivity contribution in [1.82, 2.24) is 4.98 Å². The molecule has 1 aromatic rings. The third kappa shape index (κ3) is 4.04. The van der Waals surface area contributed by atoms with Gasteiger partial charge in [0.25, 0.3) is 0 Å². The lowest BCUT2D eigenvalue weighted by Crippen LogP contribution is -2.25. The van der Waals surface area contributed by atoms with Gasteiger partial charge in [-0.2, -0.15) is 0 Å². The summed E-state index contributed by atoms with van der Waals surface area (Å²) in [5.74, 6) is 0.847. The number of pyridine rings is 1. The third-order valence-electron chi connectivity index (χ3n) is 3.15. The molecule has 0 amide bonds. The summed E-state index contributed by atoms with van der Waals surface area (Å²) in [6.45, 7) is 11.9. The van der Waals surface area contributed by atoms with Crippen LogP contribution in [0.4, 0.5) is 0 Å². The molecule has 0 radical (unpaired) electrons. The second-order valence-electron chi connectivity index (χ2n) is 4.91. The number of allylic oxidation sites excluding steroid dienone is 1. The Hall–Kier alpha value is -2.43. The second kappa shape index (κ2) is 8.12. The maximum atomic E-state index is 12.5. The smallest absolute Gasteiger partial charge is 0.193 e. The van der Waals surface area contributed by atoms with Crippen molar-refractivity contribution in [2.24, 2.45) is 15.7 Å². The average Bonchev–Trinajstić information content (AvgIpc) is 2.50. The van der Waals surface area contributed by atoms with Gasteiger partial charge in [0, 0.05) is 23.4 Å². The van der Waals surface area contributed by atoms with Crippen LogP contribution in [-0.4, -0.2) is 23.2 Å². The number of hydrogen-bond donors (Lipinski definition) is 2. The molecule has 5 heteroatoms. The molecule has 0 aliphatic rings. The molecule has 0 spiro atoms. The molecule has 0 saturated heterocycles. The van der Waals surface area contributed by atoms with Crippen molar-refractivity contribution < 1.29 is 0 Å². The number of hydrogen-bond acceptors (Lipinski definition) is 2. The predicted octanol–water partition coefficient (Wildman–Crippen LogP) is 2.89. The molecule has 0 saturated carbocycles. The van der Waals surface area contributed by atoms with Gasteiger partial charge in [0.15, 0.2) is 5.43 Å². The molecule has 0 aromatic carbocycles. The molecule has 22 heavy (non-hydrogen) atoms. The lowest BCUT2D eigenvalue weighted by molar-refractivity contribution is 0.929. The fourth-order valence-corrected chi connectivity index (χ4v) is 2.02. The van der Waals surface area contributed by atoms with Gasteiger partial charge >= 0.3 is 0 Å². The van der Waals surface area contributed by atoms with Crippen molar-refractivity contribution in [3.05, 3.63) is 45.4 Å². The number of aromatic nitrogens is 1. The van der Waals surface area contributed by atoms with E-state index >= 15 is 0 Å². The number of nitrogens with zero attached hydrogens (tertiary/aromatic N) is 2. The van der Waals surface area contributed by atoms with Gasteiger partial charge in [0.05, 0.1) is 5.69 Å². The van der Waals surface area contributed by atoms with Gasteiger partial charge in [0.1, 0.15) is 11.7 Å². The summed E-state index contributed by atoms with van der Waals surface area (Å²) in [4.78, 5) is 24.1. The fourth-order valence-electron chi connectivity index (χ4n) is 2.02. The van der Waals surface area contributed by atoms with Crippen molar-refractivity contribution in [2.75, 3.05) is 6.54 Å². The van der Waals surface area contributed by atoms with E-state index in [4.69, 9.17) is 5.73 Å². The van der Waals surface area contributed by atoms with Crippen LogP contribution in [0.15, 0.2) is 27.4 Å². The van der Waals surface area contributed by atoms with Crippen LogP contribution in [0.25, 0.3) is 12.2 Å². The van der Waals surface area contributed by atoms with E-state index in [1.54, 1.807) is 26.0 Å². The SMILES string of the molecule is C=Cc1[nH]c(C(N)=NC(C)=NCCC)c(C)c(=O)c1/C=C\C. The summed E-state index contributed by atoms with van der Waals surface area (Å²) in [7, 11) is 0. The molecule has 0 bridgehead atoms. The zero-order valence-corrected chi connectivity index (χ0v) is 13.7. The van der Waals surface area contributed by atoms with Crippen LogP contribution in [0.3, 0.4) is 0 Å². The maximum Gasteiger partial charge on any atom is 0.193 e. The number of amidine groups is 2. The Bertz CT molecular complexity index is 693. The second-order valence-corrected chi connectivity index (χ2v) is 4.91. The van der Waals surface area contributed by atoms with Crippen LogP contribution in [0.1, 0.15) is 49.7 Å². The Kier molecular flexibility index (Phi) is 6.50. The van der Waals surface area contributed by atoms with Crippen molar-refractivity contribution in [1.29, 1.82) is 0 Å². The first-order valence-corrected chi connectivity index (χ1v) is 7.33. The molecule has 0 atom stereocenters. The summed E-state index contributed by atoms with van der Waals surface area (Å²) in [5.41, 5.74) is 8.20. The van der Waals surface area contributed by atoms with E-state index in [2.05, 4.69) is 21.5 Å². The van der Waals surface area contributed by atoms with Crippen molar-refractivity contribution in [3.63, 3.8) is 0 Å². The summed E-state index contributed by atoms with van der Waals surface area (Å²) < 4.78 is 0.